The maximum Gasteiger partial charge on any atom is 0.224 e. The van der Waals surface area contributed by atoms with Gasteiger partial charge in [-0.15, -0.1) is 12.4 Å². The second kappa shape index (κ2) is 10.6. The topological polar surface area (TPSA) is 75.4 Å². The van der Waals surface area contributed by atoms with Crippen molar-refractivity contribution in [3.8, 4) is 0 Å². The summed E-state index contributed by atoms with van der Waals surface area (Å²) >= 11 is 3.46. The average Bonchev–Trinajstić information content (AvgIpc) is 2.41. The van der Waals surface area contributed by atoms with Crippen molar-refractivity contribution in [3.63, 3.8) is 0 Å². The maximum atomic E-state index is 11.9. The fraction of sp³-hybridized carbons (Fsp3) is 0.429. The van der Waals surface area contributed by atoms with Crippen LogP contribution < -0.4 is 11.1 Å². The van der Waals surface area contributed by atoms with E-state index in [9.17, 15) is 9.59 Å². The highest BCUT2D eigenvalue weighted by atomic mass is 79.9. The van der Waals surface area contributed by atoms with Crippen molar-refractivity contribution in [2.24, 2.45) is 5.73 Å². The van der Waals surface area contributed by atoms with Crippen LogP contribution in [0, 0.1) is 0 Å². The van der Waals surface area contributed by atoms with Crippen LogP contribution in [0.25, 0.3) is 0 Å². The lowest BCUT2D eigenvalue weighted by molar-refractivity contribution is -0.130. The monoisotopic (exact) mass is 377 g/mol. The van der Waals surface area contributed by atoms with E-state index in [2.05, 4.69) is 21.2 Å². The molecular formula is C14H21BrClN3O2. The zero-order valence-corrected chi connectivity index (χ0v) is 14.4. The van der Waals surface area contributed by atoms with E-state index in [4.69, 9.17) is 5.73 Å². The predicted octanol–water partition coefficient (Wildman–Crippen LogP) is 1.68. The number of hydrogen-bond donors (Lipinski definition) is 2. The summed E-state index contributed by atoms with van der Waals surface area (Å²) in [7, 11) is 1.75. The molecule has 0 atom stereocenters. The molecule has 2 amide bonds. The van der Waals surface area contributed by atoms with Gasteiger partial charge < -0.3 is 16.0 Å². The highest BCUT2D eigenvalue weighted by Gasteiger charge is 2.11. The average molecular weight is 379 g/mol. The van der Waals surface area contributed by atoms with Crippen molar-refractivity contribution in [1.29, 1.82) is 0 Å². The van der Waals surface area contributed by atoms with Gasteiger partial charge >= 0.3 is 0 Å². The molecule has 0 heterocycles. The molecular weight excluding hydrogens is 358 g/mol. The normalized spacial score (nSPS) is 9.67. The molecule has 0 bridgehead atoms. The molecule has 0 aliphatic carbocycles. The number of rotatable bonds is 7. The van der Waals surface area contributed by atoms with Gasteiger partial charge in [-0.05, 0) is 11.6 Å². The van der Waals surface area contributed by atoms with E-state index in [0.29, 0.717) is 26.1 Å². The van der Waals surface area contributed by atoms with E-state index in [0.717, 1.165) is 10.0 Å². The molecule has 0 aliphatic heterocycles. The van der Waals surface area contributed by atoms with Gasteiger partial charge in [0.15, 0.2) is 0 Å². The Morgan fingerprint density at radius 3 is 2.57 bits per heavy atom. The van der Waals surface area contributed by atoms with Gasteiger partial charge in [-0.25, -0.2) is 0 Å². The highest BCUT2D eigenvalue weighted by Crippen LogP contribution is 2.17. The summed E-state index contributed by atoms with van der Waals surface area (Å²) in [5.41, 5.74) is 6.32. The van der Waals surface area contributed by atoms with E-state index in [-0.39, 0.29) is 30.6 Å². The maximum absolute atomic E-state index is 11.9. The van der Waals surface area contributed by atoms with Crippen molar-refractivity contribution in [3.05, 3.63) is 34.3 Å². The van der Waals surface area contributed by atoms with Crippen LogP contribution in [0.15, 0.2) is 28.7 Å². The Hall–Kier alpha value is -1.11. The number of nitrogens with two attached hydrogens (primary N) is 1. The Kier molecular flexibility index (Phi) is 10.0. The van der Waals surface area contributed by atoms with Crippen LogP contribution in [0.1, 0.15) is 18.4 Å². The summed E-state index contributed by atoms with van der Waals surface area (Å²) in [6.45, 7) is 1.21. The molecule has 21 heavy (non-hydrogen) atoms. The molecule has 0 saturated heterocycles. The van der Waals surface area contributed by atoms with Gasteiger partial charge in [0.25, 0.3) is 0 Å². The predicted molar refractivity (Wildman–Crippen MR) is 89.2 cm³/mol. The SMILES string of the molecule is CN(Cc1ccccc1Br)C(=O)CCNC(=O)CCN.Cl. The number of halogens is 2. The van der Waals surface area contributed by atoms with Crippen LogP contribution in [-0.4, -0.2) is 36.9 Å². The largest absolute Gasteiger partial charge is 0.356 e. The van der Waals surface area contributed by atoms with Gasteiger partial charge in [-0.3, -0.25) is 9.59 Å². The third kappa shape index (κ3) is 7.45. The Balaban J connectivity index is 0.00000400. The number of benzene rings is 1. The third-order valence-electron chi connectivity index (χ3n) is 2.82. The van der Waals surface area contributed by atoms with Gasteiger partial charge in [0.2, 0.25) is 11.8 Å². The lowest BCUT2D eigenvalue weighted by Gasteiger charge is -2.18. The Morgan fingerprint density at radius 2 is 1.95 bits per heavy atom. The molecule has 5 nitrogen and oxygen atoms in total. The molecule has 3 N–H and O–H groups in total. The molecule has 0 fully saturated rings. The van der Waals surface area contributed by atoms with Crippen molar-refractivity contribution in [2.75, 3.05) is 20.1 Å². The van der Waals surface area contributed by atoms with Crippen LogP contribution in [0.4, 0.5) is 0 Å². The molecule has 0 unspecified atom stereocenters. The summed E-state index contributed by atoms with van der Waals surface area (Å²) < 4.78 is 0.982. The molecule has 1 aromatic carbocycles. The zero-order chi connectivity index (χ0) is 15.0. The lowest BCUT2D eigenvalue weighted by atomic mass is 10.2. The van der Waals surface area contributed by atoms with E-state index < -0.39 is 0 Å². The fourth-order valence-corrected chi connectivity index (χ4v) is 2.10. The van der Waals surface area contributed by atoms with E-state index >= 15 is 0 Å². The van der Waals surface area contributed by atoms with E-state index in [1.54, 1.807) is 11.9 Å². The Morgan fingerprint density at radius 1 is 1.29 bits per heavy atom. The molecule has 0 radical (unpaired) electrons. The minimum Gasteiger partial charge on any atom is -0.356 e. The Labute approximate surface area is 139 Å². The first-order valence-electron chi connectivity index (χ1n) is 6.48. The van der Waals surface area contributed by atoms with Crippen molar-refractivity contribution >= 4 is 40.2 Å². The zero-order valence-electron chi connectivity index (χ0n) is 12.0. The summed E-state index contributed by atoms with van der Waals surface area (Å²) in [5.74, 6) is -0.123. The van der Waals surface area contributed by atoms with Gasteiger partial charge in [0.05, 0.1) is 0 Å². The summed E-state index contributed by atoms with van der Waals surface area (Å²) in [5, 5.41) is 2.67. The minimum atomic E-state index is -0.117. The number of nitrogens with one attached hydrogen (secondary N) is 1. The van der Waals surface area contributed by atoms with Crippen molar-refractivity contribution < 1.29 is 9.59 Å². The second-order valence-electron chi connectivity index (χ2n) is 4.48. The van der Waals surface area contributed by atoms with Crippen LogP contribution in [-0.2, 0) is 16.1 Å². The number of hydrogen-bond acceptors (Lipinski definition) is 3. The number of carbonyl (C=O) groups is 2. The molecule has 0 aromatic heterocycles. The van der Waals surface area contributed by atoms with Crippen LogP contribution in [0.3, 0.4) is 0 Å². The highest BCUT2D eigenvalue weighted by molar-refractivity contribution is 9.10. The first kappa shape index (κ1) is 19.9. The van der Waals surface area contributed by atoms with Crippen molar-refractivity contribution in [2.45, 2.75) is 19.4 Å². The molecule has 0 spiro atoms. The number of carbonyl (C=O) groups excluding carboxylic acids is 2. The summed E-state index contributed by atoms with van der Waals surface area (Å²) in [6, 6.07) is 7.78. The molecule has 1 aromatic rings. The van der Waals surface area contributed by atoms with Crippen LogP contribution in [0.5, 0.6) is 0 Å². The summed E-state index contributed by atoms with van der Waals surface area (Å²) in [4.78, 5) is 24.8. The molecule has 118 valence electrons. The molecule has 0 saturated carbocycles. The lowest BCUT2D eigenvalue weighted by Crippen LogP contribution is -2.32. The van der Waals surface area contributed by atoms with Crippen LogP contribution >= 0.6 is 28.3 Å². The number of amides is 2. The van der Waals surface area contributed by atoms with Gasteiger partial charge in [0, 0.05) is 44.0 Å². The molecule has 0 aliphatic rings. The first-order chi connectivity index (χ1) is 9.54. The van der Waals surface area contributed by atoms with Crippen molar-refractivity contribution in [1.82, 2.24) is 10.2 Å². The van der Waals surface area contributed by atoms with E-state index in [1.165, 1.54) is 0 Å². The van der Waals surface area contributed by atoms with E-state index in [1.807, 2.05) is 24.3 Å². The minimum absolute atomic E-state index is 0. The van der Waals surface area contributed by atoms with Gasteiger partial charge in [-0.2, -0.15) is 0 Å². The fourth-order valence-electron chi connectivity index (χ4n) is 1.69. The van der Waals surface area contributed by atoms with Crippen LogP contribution in [0.2, 0.25) is 0 Å². The third-order valence-corrected chi connectivity index (χ3v) is 3.60. The molecule has 7 heteroatoms. The molecule has 1 rings (SSSR count). The Bertz CT molecular complexity index is 471. The van der Waals surface area contributed by atoms with Gasteiger partial charge in [-0.1, -0.05) is 34.1 Å². The number of nitrogens with zero attached hydrogens (tertiary/aromatic N) is 1. The second-order valence-corrected chi connectivity index (χ2v) is 5.33. The quantitative estimate of drug-likeness (QED) is 0.758. The van der Waals surface area contributed by atoms with Gasteiger partial charge in [0.1, 0.15) is 0 Å². The first-order valence-corrected chi connectivity index (χ1v) is 7.28. The summed E-state index contributed by atoms with van der Waals surface area (Å²) in [6.07, 6.45) is 0.582. The smallest absolute Gasteiger partial charge is 0.224 e. The standard InChI is InChI=1S/C14H20BrN3O2.ClH/c1-18(10-11-4-2-3-5-12(11)15)14(20)7-9-17-13(19)6-8-16;/h2-5H,6-10,16H2,1H3,(H,17,19);1H.